The monoisotopic (exact) mass is 234 g/mol. The van der Waals surface area contributed by atoms with Crippen LogP contribution in [-0.4, -0.2) is 33.2 Å². The second-order valence-electron chi connectivity index (χ2n) is 4.60. The number of nitrogens with zero attached hydrogens (tertiary/aromatic N) is 1. The van der Waals surface area contributed by atoms with Gasteiger partial charge in [0.2, 0.25) is 5.91 Å². The van der Waals surface area contributed by atoms with Crippen molar-refractivity contribution in [3.63, 3.8) is 0 Å². The van der Waals surface area contributed by atoms with E-state index in [1.807, 2.05) is 43.3 Å². The maximum atomic E-state index is 11.7. The number of carbonyl (C=O) groups is 1. The third-order valence-corrected chi connectivity index (χ3v) is 2.83. The first kappa shape index (κ1) is 11.9. The van der Waals surface area contributed by atoms with E-state index in [0.717, 1.165) is 11.4 Å². The summed E-state index contributed by atoms with van der Waals surface area (Å²) in [4.78, 5) is 13.7. The van der Waals surface area contributed by atoms with Crippen LogP contribution < -0.4 is 10.2 Å². The number of hydrogen-bond donors (Lipinski definition) is 1. The maximum Gasteiger partial charge on any atom is 0.224 e. The van der Waals surface area contributed by atoms with E-state index in [4.69, 9.17) is 4.74 Å². The van der Waals surface area contributed by atoms with Gasteiger partial charge in [-0.3, -0.25) is 4.79 Å². The van der Waals surface area contributed by atoms with Crippen LogP contribution in [0.2, 0.25) is 0 Å². The van der Waals surface area contributed by atoms with Crippen molar-refractivity contribution in [2.45, 2.75) is 6.42 Å². The van der Waals surface area contributed by atoms with Crippen LogP contribution in [-0.2, 0) is 9.53 Å². The van der Waals surface area contributed by atoms with Gasteiger partial charge in [-0.05, 0) is 18.2 Å². The minimum Gasteiger partial charge on any atom is -0.381 e. The Morgan fingerprint density at radius 1 is 1.47 bits per heavy atom. The fourth-order valence-electron chi connectivity index (χ4n) is 1.74. The fraction of sp³-hybridized carbons (Fsp3) is 0.462. The van der Waals surface area contributed by atoms with Gasteiger partial charge in [-0.15, -0.1) is 0 Å². The first-order valence-electron chi connectivity index (χ1n) is 5.80. The summed E-state index contributed by atoms with van der Waals surface area (Å²) >= 11 is 0. The van der Waals surface area contributed by atoms with E-state index in [0.29, 0.717) is 25.6 Å². The van der Waals surface area contributed by atoms with Gasteiger partial charge in [-0.25, -0.2) is 0 Å². The van der Waals surface area contributed by atoms with E-state index in [9.17, 15) is 4.79 Å². The Bertz CT molecular complexity index is 400. The van der Waals surface area contributed by atoms with Crippen molar-refractivity contribution < 1.29 is 9.53 Å². The highest BCUT2D eigenvalue weighted by molar-refractivity contribution is 5.91. The van der Waals surface area contributed by atoms with Crippen molar-refractivity contribution in [3.8, 4) is 0 Å². The molecule has 1 aliphatic rings. The molecule has 0 saturated carbocycles. The molecule has 2 rings (SSSR count). The number of nitrogens with one attached hydrogen (secondary N) is 1. The Morgan fingerprint density at radius 2 is 2.24 bits per heavy atom. The molecule has 0 aromatic heterocycles. The number of hydrogen-bond acceptors (Lipinski definition) is 3. The average Bonchev–Trinajstić information content (AvgIpc) is 2.24. The zero-order valence-electron chi connectivity index (χ0n) is 10.3. The smallest absolute Gasteiger partial charge is 0.224 e. The lowest BCUT2D eigenvalue weighted by molar-refractivity contribution is -0.121. The molecular weight excluding hydrogens is 216 g/mol. The summed E-state index contributed by atoms with van der Waals surface area (Å²) in [6.07, 6.45) is 0.548. The predicted octanol–water partition coefficient (Wildman–Crippen LogP) is 1.73. The molecule has 0 unspecified atom stereocenters. The minimum atomic E-state index is 0.0641. The average molecular weight is 234 g/mol. The maximum absolute atomic E-state index is 11.7. The highest BCUT2D eigenvalue weighted by Gasteiger charge is 2.21. The first-order chi connectivity index (χ1) is 8.15. The lowest BCUT2D eigenvalue weighted by Gasteiger charge is -2.25. The lowest BCUT2D eigenvalue weighted by Crippen LogP contribution is -2.31. The molecule has 0 radical (unpaired) electrons. The summed E-state index contributed by atoms with van der Waals surface area (Å²) in [6.45, 7) is 1.43. The Labute approximate surface area is 102 Å². The van der Waals surface area contributed by atoms with Crippen LogP contribution in [0.15, 0.2) is 24.3 Å². The Morgan fingerprint density at radius 3 is 2.82 bits per heavy atom. The van der Waals surface area contributed by atoms with E-state index in [-0.39, 0.29) is 5.91 Å². The van der Waals surface area contributed by atoms with Gasteiger partial charge in [0.1, 0.15) is 0 Å². The number of rotatable bonds is 4. The van der Waals surface area contributed by atoms with Crippen LogP contribution in [0.25, 0.3) is 0 Å². The van der Waals surface area contributed by atoms with Gasteiger partial charge in [0, 0.05) is 37.8 Å². The van der Waals surface area contributed by atoms with Gasteiger partial charge in [0.15, 0.2) is 0 Å². The quantitative estimate of drug-likeness (QED) is 0.862. The summed E-state index contributed by atoms with van der Waals surface area (Å²) in [7, 11) is 3.96. The second kappa shape index (κ2) is 5.19. The number of amides is 1. The molecule has 0 aliphatic carbocycles. The van der Waals surface area contributed by atoms with Crippen molar-refractivity contribution in [1.29, 1.82) is 0 Å². The molecule has 17 heavy (non-hydrogen) atoms. The molecule has 1 amide bonds. The van der Waals surface area contributed by atoms with Gasteiger partial charge < -0.3 is 15.0 Å². The highest BCUT2D eigenvalue weighted by Crippen LogP contribution is 2.19. The summed E-state index contributed by atoms with van der Waals surface area (Å²) < 4.78 is 5.05. The van der Waals surface area contributed by atoms with E-state index in [2.05, 4.69) is 5.32 Å². The molecule has 1 fully saturated rings. The van der Waals surface area contributed by atoms with Crippen LogP contribution in [0.1, 0.15) is 6.42 Å². The molecule has 1 aromatic rings. The molecule has 0 spiro atoms. The van der Waals surface area contributed by atoms with Crippen LogP contribution in [0.3, 0.4) is 0 Å². The third-order valence-electron chi connectivity index (χ3n) is 2.83. The Balaban J connectivity index is 1.92. The Hall–Kier alpha value is -1.55. The van der Waals surface area contributed by atoms with Crippen molar-refractivity contribution >= 4 is 17.3 Å². The molecule has 1 aliphatic heterocycles. The molecular formula is C13H18N2O2. The molecule has 1 aromatic carbocycles. The van der Waals surface area contributed by atoms with Gasteiger partial charge >= 0.3 is 0 Å². The lowest BCUT2D eigenvalue weighted by atomic mass is 10.0. The molecule has 1 heterocycles. The van der Waals surface area contributed by atoms with Gasteiger partial charge in [-0.2, -0.15) is 0 Å². The molecule has 1 N–H and O–H groups in total. The van der Waals surface area contributed by atoms with Crippen LogP contribution in [0.5, 0.6) is 0 Å². The zero-order valence-corrected chi connectivity index (χ0v) is 10.3. The number of carbonyl (C=O) groups excluding carboxylic acids is 1. The minimum absolute atomic E-state index is 0.0641. The van der Waals surface area contributed by atoms with Crippen molar-refractivity contribution in [2.75, 3.05) is 37.5 Å². The SMILES string of the molecule is CN(C)c1cccc(NC(=O)CC2COC2)c1. The summed E-state index contributed by atoms with van der Waals surface area (Å²) in [6, 6.07) is 7.82. The van der Waals surface area contributed by atoms with Crippen LogP contribution in [0, 0.1) is 5.92 Å². The van der Waals surface area contributed by atoms with E-state index >= 15 is 0 Å². The molecule has 0 bridgehead atoms. The zero-order chi connectivity index (χ0) is 12.3. The fourth-order valence-corrected chi connectivity index (χ4v) is 1.74. The summed E-state index contributed by atoms with van der Waals surface area (Å²) in [5.74, 6) is 0.459. The molecule has 0 atom stereocenters. The number of benzene rings is 1. The van der Waals surface area contributed by atoms with Crippen molar-refractivity contribution in [1.82, 2.24) is 0 Å². The molecule has 92 valence electrons. The molecule has 1 saturated heterocycles. The normalized spacial score (nSPS) is 15.2. The van der Waals surface area contributed by atoms with Gasteiger partial charge in [0.25, 0.3) is 0 Å². The predicted molar refractivity (Wildman–Crippen MR) is 68.3 cm³/mol. The standard InChI is InChI=1S/C13H18N2O2/c1-15(2)12-5-3-4-11(7-12)14-13(16)6-10-8-17-9-10/h3-5,7,10H,6,8-9H2,1-2H3,(H,14,16). The molecule has 4 nitrogen and oxygen atoms in total. The van der Waals surface area contributed by atoms with Crippen molar-refractivity contribution in [3.05, 3.63) is 24.3 Å². The Kier molecular flexibility index (Phi) is 3.64. The number of anilines is 2. The second-order valence-corrected chi connectivity index (χ2v) is 4.60. The largest absolute Gasteiger partial charge is 0.381 e. The first-order valence-corrected chi connectivity index (χ1v) is 5.80. The third kappa shape index (κ3) is 3.20. The summed E-state index contributed by atoms with van der Waals surface area (Å²) in [5, 5.41) is 2.92. The summed E-state index contributed by atoms with van der Waals surface area (Å²) in [5.41, 5.74) is 1.93. The molecule has 4 heteroatoms. The van der Waals surface area contributed by atoms with Crippen molar-refractivity contribution in [2.24, 2.45) is 5.92 Å². The van der Waals surface area contributed by atoms with E-state index in [1.165, 1.54) is 0 Å². The van der Waals surface area contributed by atoms with E-state index in [1.54, 1.807) is 0 Å². The topological polar surface area (TPSA) is 41.6 Å². The van der Waals surface area contributed by atoms with Crippen LogP contribution >= 0.6 is 0 Å². The highest BCUT2D eigenvalue weighted by atomic mass is 16.5. The van der Waals surface area contributed by atoms with Gasteiger partial charge in [0.05, 0.1) is 13.2 Å². The van der Waals surface area contributed by atoms with Gasteiger partial charge in [-0.1, -0.05) is 6.07 Å². The number of ether oxygens (including phenoxy) is 1. The van der Waals surface area contributed by atoms with Crippen LogP contribution in [0.4, 0.5) is 11.4 Å². The van der Waals surface area contributed by atoms with E-state index < -0.39 is 0 Å².